The van der Waals surface area contributed by atoms with Crippen LogP contribution in [0.3, 0.4) is 0 Å². The zero-order chi connectivity index (χ0) is 13.7. The fraction of sp³-hybridized carbons (Fsp3) is 0.133. The summed E-state index contributed by atoms with van der Waals surface area (Å²) < 4.78 is 0. The maximum absolute atomic E-state index is 9.19. The zero-order valence-electron chi connectivity index (χ0n) is 10.7. The van der Waals surface area contributed by atoms with Gasteiger partial charge < -0.3 is 0 Å². The zero-order valence-corrected chi connectivity index (χ0v) is 10.7. The Balaban J connectivity index is 2.15. The third kappa shape index (κ3) is 3.17. The molecule has 0 saturated heterocycles. The number of nitriles is 1. The van der Waals surface area contributed by atoms with E-state index in [2.05, 4.69) is 4.98 Å². The van der Waals surface area contributed by atoms with Gasteiger partial charge in [-0.05, 0) is 24.6 Å². The van der Waals surface area contributed by atoms with Gasteiger partial charge in [-0.3, -0.25) is 15.3 Å². The highest BCUT2D eigenvalue weighted by Gasteiger charge is 2.11. The molecule has 1 N–H and O–H groups in total. The number of aromatic nitrogens is 1. The Kier molecular flexibility index (Phi) is 3.89. The maximum Gasteiger partial charge on any atom is 0.185 e. The van der Waals surface area contributed by atoms with Gasteiger partial charge in [0.05, 0.1) is 6.54 Å². The first-order valence-electron chi connectivity index (χ1n) is 5.92. The summed E-state index contributed by atoms with van der Waals surface area (Å²) >= 11 is 0. The van der Waals surface area contributed by atoms with E-state index in [-0.39, 0.29) is 5.84 Å². The number of amidine groups is 1. The smallest absolute Gasteiger partial charge is 0.185 e. The number of benzene rings is 1. The second-order valence-electron chi connectivity index (χ2n) is 4.26. The Bertz CT molecular complexity index is 596. The predicted octanol–water partition coefficient (Wildman–Crippen LogP) is 2.70. The quantitative estimate of drug-likeness (QED) is 0.394. The lowest BCUT2D eigenvalue weighted by molar-refractivity contribution is 0.568. The van der Waals surface area contributed by atoms with Crippen molar-refractivity contribution < 1.29 is 0 Å². The van der Waals surface area contributed by atoms with Gasteiger partial charge in [0.25, 0.3) is 0 Å². The van der Waals surface area contributed by atoms with Crippen LogP contribution in [0.5, 0.6) is 0 Å². The van der Waals surface area contributed by atoms with Crippen molar-refractivity contribution in [1.29, 1.82) is 10.7 Å². The molecular weight excluding hydrogens is 236 g/mol. The summed E-state index contributed by atoms with van der Waals surface area (Å²) in [5.74, 6) is 0.163. The third-order valence-electron chi connectivity index (χ3n) is 2.79. The van der Waals surface area contributed by atoms with Gasteiger partial charge in [-0.15, -0.1) is 0 Å². The molecule has 1 aromatic heterocycles. The fourth-order valence-corrected chi connectivity index (χ4v) is 1.70. The molecule has 19 heavy (non-hydrogen) atoms. The first-order valence-corrected chi connectivity index (χ1v) is 5.92. The number of nitrogens with one attached hydrogen (secondary N) is 1. The first-order chi connectivity index (χ1) is 9.20. The lowest BCUT2D eigenvalue weighted by Crippen LogP contribution is -2.25. The fourth-order valence-electron chi connectivity index (χ4n) is 1.70. The molecule has 0 aliphatic carbocycles. The normalized spacial score (nSPS) is 9.68. The average molecular weight is 250 g/mol. The van der Waals surface area contributed by atoms with Crippen LogP contribution in [0, 0.1) is 23.8 Å². The van der Waals surface area contributed by atoms with Crippen molar-refractivity contribution >= 4 is 5.84 Å². The maximum atomic E-state index is 9.19. The number of rotatable bonds is 3. The molecule has 0 fully saturated rings. The summed E-state index contributed by atoms with van der Waals surface area (Å²) in [7, 11) is 0. The summed E-state index contributed by atoms with van der Waals surface area (Å²) in [6.45, 7) is 2.41. The predicted molar refractivity (Wildman–Crippen MR) is 73.4 cm³/mol. The molecule has 0 aliphatic rings. The van der Waals surface area contributed by atoms with E-state index in [4.69, 9.17) is 5.41 Å². The van der Waals surface area contributed by atoms with E-state index in [9.17, 15) is 5.26 Å². The molecule has 4 nitrogen and oxygen atoms in total. The lowest BCUT2D eigenvalue weighted by atomic mass is 10.1. The molecule has 0 saturated carbocycles. The molecule has 0 unspecified atom stereocenters. The SMILES string of the molecule is Cc1ccc(CN(C#N)C(=N)c2cccnc2)cc1. The van der Waals surface area contributed by atoms with E-state index in [1.54, 1.807) is 24.5 Å². The highest BCUT2D eigenvalue weighted by atomic mass is 15.2. The molecule has 0 spiro atoms. The highest BCUT2D eigenvalue weighted by Crippen LogP contribution is 2.09. The molecular formula is C15H14N4. The lowest BCUT2D eigenvalue weighted by Gasteiger charge is -2.16. The van der Waals surface area contributed by atoms with E-state index in [1.807, 2.05) is 37.4 Å². The third-order valence-corrected chi connectivity index (χ3v) is 2.79. The van der Waals surface area contributed by atoms with Crippen molar-refractivity contribution in [2.45, 2.75) is 13.5 Å². The summed E-state index contributed by atoms with van der Waals surface area (Å²) in [5, 5.41) is 17.2. The van der Waals surface area contributed by atoms with Crippen LogP contribution in [-0.2, 0) is 6.54 Å². The van der Waals surface area contributed by atoms with Crippen molar-refractivity contribution in [2.24, 2.45) is 0 Å². The number of hydrogen-bond donors (Lipinski definition) is 1. The van der Waals surface area contributed by atoms with Crippen LogP contribution in [0.2, 0.25) is 0 Å². The number of pyridine rings is 1. The van der Waals surface area contributed by atoms with Crippen LogP contribution in [0.25, 0.3) is 0 Å². The van der Waals surface area contributed by atoms with Crippen molar-refractivity contribution in [1.82, 2.24) is 9.88 Å². The van der Waals surface area contributed by atoms with Gasteiger partial charge in [0.2, 0.25) is 0 Å². The molecule has 0 radical (unpaired) electrons. The molecule has 1 aromatic carbocycles. The Morgan fingerprint density at radius 1 is 1.32 bits per heavy atom. The largest absolute Gasteiger partial charge is 0.283 e. The first kappa shape index (κ1) is 12.8. The van der Waals surface area contributed by atoms with Crippen LogP contribution < -0.4 is 0 Å². The second kappa shape index (κ2) is 5.78. The number of nitrogens with zero attached hydrogens (tertiary/aromatic N) is 3. The average Bonchev–Trinajstić information content (AvgIpc) is 2.47. The molecule has 1 heterocycles. The van der Waals surface area contributed by atoms with Gasteiger partial charge in [-0.2, -0.15) is 5.26 Å². The number of hydrogen-bond acceptors (Lipinski definition) is 3. The molecule has 0 atom stereocenters. The Morgan fingerprint density at radius 2 is 2.05 bits per heavy atom. The minimum atomic E-state index is 0.163. The standard InChI is InChI=1S/C15H14N4/c1-12-4-6-13(7-5-12)10-19(11-16)15(17)14-3-2-8-18-9-14/h2-9,17H,10H2,1H3. The monoisotopic (exact) mass is 250 g/mol. The van der Waals surface area contributed by atoms with Gasteiger partial charge in [-0.25, -0.2) is 0 Å². The Morgan fingerprint density at radius 3 is 2.63 bits per heavy atom. The van der Waals surface area contributed by atoms with E-state index in [0.29, 0.717) is 12.1 Å². The molecule has 2 rings (SSSR count). The van der Waals surface area contributed by atoms with Crippen molar-refractivity contribution in [3.8, 4) is 6.19 Å². The highest BCUT2D eigenvalue weighted by molar-refractivity contribution is 5.96. The molecule has 4 heteroatoms. The van der Waals surface area contributed by atoms with Gasteiger partial charge in [0.1, 0.15) is 5.84 Å². The van der Waals surface area contributed by atoms with Crippen molar-refractivity contribution in [2.75, 3.05) is 0 Å². The Labute approximate surface area is 112 Å². The van der Waals surface area contributed by atoms with E-state index in [0.717, 1.165) is 5.56 Å². The van der Waals surface area contributed by atoms with Gasteiger partial charge in [-0.1, -0.05) is 29.8 Å². The molecule has 94 valence electrons. The minimum Gasteiger partial charge on any atom is -0.283 e. The summed E-state index contributed by atoms with van der Waals surface area (Å²) in [6.07, 6.45) is 5.28. The van der Waals surface area contributed by atoms with Gasteiger partial charge in [0.15, 0.2) is 6.19 Å². The van der Waals surface area contributed by atoms with Gasteiger partial charge in [0, 0.05) is 18.0 Å². The van der Waals surface area contributed by atoms with Crippen LogP contribution in [0.15, 0.2) is 48.8 Å². The topological polar surface area (TPSA) is 63.8 Å². The number of aryl methyl sites for hydroxylation is 1. The van der Waals surface area contributed by atoms with E-state index in [1.165, 1.54) is 10.5 Å². The van der Waals surface area contributed by atoms with Crippen LogP contribution in [0.4, 0.5) is 0 Å². The van der Waals surface area contributed by atoms with Crippen LogP contribution in [-0.4, -0.2) is 15.7 Å². The Hall–Kier alpha value is -2.67. The molecule has 0 bridgehead atoms. The molecule has 0 aliphatic heterocycles. The second-order valence-corrected chi connectivity index (χ2v) is 4.26. The van der Waals surface area contributed by atoms with Crippen molar-refractivity contribution in [3.05, 3.63) is 65.5 Å². The molecule has 2 aromatic rings. The van der Waals surface area contributed by atoms with Crippen molar-refractivity contribution in [3.63, 3.8) is 0 Å². The van der Waals surface area contributed by atoms with Crippen LogP contribution >= 0.6 is 0 Å². The van der Waals surface area contributed by atoms with E-state index < -0.39 is 0 Å². The van der Waals surface area contributed by atoms with E-state index >= 15 is 0 Å². The van der Waals surface area contributed by atoms with Crippen LogP contribution in [0.1, 0.15) is 16.7 Å². The summed E-state index contributed by atoms with van der Waals surface area (Å²) in [5.41, 5.74) is 2.81. The van der Waals surface area contributed by atoms with Gasteiger partial charge >= 0.3 is 0 Å². The minimum absolute atomic E-state index is 0.163. The summed E-state index contributed by atoms with van der Waals surface area (Å²) in [6, 6.07) is 11.5. The summed E-state index contributed by atoms with van der Waals surface area (Å²) in [4.78, 5) is 5.31. The molecule has 0 amide bonds.